The van der Waals surface area contributed by atoms with E-state index < -0.39 is 0 Å². The summed E-state index contributed by atoms with van der Waals surface area (Å²) in [6, 6.07) is 5.82. The van der Waals surface area contributed by atoms with Crippen LogP contribution in [0.1, 0.15) is 19.3 Å². The van der Waals surface area contributed by atoms with E-state index in [-0.39, 0.29) is 48.3 Å². The molecule has 1 fully saturated rings. The number of benzene rings is 1. The molecule has 1 heterocycles. The van der Waals surface area contributed by atoms with Crippen LogP contribution in [0.15, 0.2) is 29.3 Å². The van der Waals surface area contributed by atoms with Crippen LogP contribution in [-0.4, -0.2) is 69.9 Å². The molecule has 1 saturated heterocycles. The fourth-order valence-corrected chi connectivity index (χ4v) is 2.95. The molecule has 2 rings (SSSR count). The summed E-state index contributed by atoms with van der Waals surface area (Å²) in [5.74, 6) is 0.0456. The summed E-state index contributed by atoms with van der Waals surface area (Å²) >= 11 is 0. The number of halogens is 2. The Kier molecular flexibility index (Phi) is 12.0. The minimum absolute atomic E-state index is 0. The van der Waals surface area contributed by atoms with Crippen LogP contribution in [0.3, 0.4) is 0 Å². The van der Waals surface area contributed by atoms with E-state index in [1.54, 1.807) is 26.3 Å². The topological polar surface area (TPSA) is 75.2 Å². The SMILES string of the molecule is CN=C(NCC(=O)Nc1cccc(F)c1)N1CCC(OCCCOC)CC1.I. The van der Waals surface area contributed by atoms with Crippen molar-refractivity contribution in [1.82, 2.24) is 10.2 Å². The predicted molar refractivity (Wildman–Crippen MR) is 119 cm³/mol. The lowest BCUT2D eigenvalue weighted by Crippen LogP contribution is -2.48. The number of anilines is 1. The number of hydrogen-bond acceptors (Lipinski definition) is 4. The van der Waals surface area contributed by atoms with E-state index in [0.717, 1.165) is 32.4 Å². The molecule has 1 aromatic rings. The minimum atomic E-state index is -0.385. The van der Waals surface area contributed by atoms with Crippen LogP contribution in [0.25, 0.3) is 0 Å². The van der Waals surface area contributed by atoms with Gasteiger partial charge in [-0.3, -0.25) is 9.79 Å². The van der Waals surface area contributed by atoms with Gasteiger partial charge in [0.05, 0.1) is 12.6 Å². The summed E-state index contributed by atoms with van der Waals surface area (Å²) < 4.78 is 24.0. The molecule has 0 saturated carbocycles. The molecule has 7 nitrogen and oxygen atoms in total. The van der Waals surface area contributed by atoms with E-state index in [9.17, 15) is 9.18 Å². The van der Waals surface area contributed by atoms with Crippen molar-refractivity contribution in [2.75, 3.05) is 52.3 Å². The van der Waals surface area contributed by atoms with E-state index >= 15 is 0 Å². The van der Waals surface area contributed by atoms with Gasteiger partial charge >= 0.3 is 0 Å². The summed E-state index contributed by atoms with van der Waals surface area (Å²) in [7, 11) is 3.38. The van der Waals surface area contributed by atoms with Crippen molar-refractivity contribution in [3.63, 3.8) is 0 Å². The molecule has 158 valence electrons. The summed E-state index contributed by atoms with van der Waals surface area (Å²) in [4.78, 5) is 18.4. The highest BCUT2D eigenvalue weighted by molar-refractivity contribution is 14.0. The van der Waals surface area contributed by atoms with Crippen molar-refractivity contribution < 1.29 is 18.7 Å². The largest absolute Gasteiger partial charge is 0.385 e. The van der Waals surface area contributed by atoms with Crippen LogP contribution in [0, 0.1) is 5.82 Å². The summed E-state index contributed by atoms with van der Waals surface area (Å²) in [5.41, 5.74) is 0.434. The van der Waals surface area contributed by atoms with E-state index in [1.165, 1.54) is 12.1 Å². The monoisotopic (exact) mass is 508 g/mol. The molecular formula is C19H30FIN4O3. The predicted octanol–water partition coefficient (Wildman–Crippen LogP) is 2.48. The lowest BCUT2D eigenvalue weighted by Gasteiger charge is -2.34. The standard InChI is InChI=1S/C19H29FN4O3.HI/c1-21-19(22-14-18(25)23-16-6-3-5-15(20)13-16)24-9-7-17(8-10-24)27-12-4-11-26-2;/h3,5-6,13,17H,4,7-12,14H2,1-2H3,(H,21,22)(H,23,25);1H. The Morgan fingerprint density at radius 2 is 2.07 bits per heavy atom. The minimum Gasteiger partial charge on any atom is -0.385 e. The van der Waals surface area contributed by atoms with E-state index in [0.29, 0.717) is 24.9 Å². The number of methoxy groups -OCH3 is 1. The van der Waals surface area contributed by atoms with Gasteiger partial charge in [0.25, 0.3) is 0 Å². The third kappa shape index (κ3) is 8.70. The third-order valence-electron chi connectivity index (χ3n) is 4.32. The molecule has 28 heavy (non-hydrogen) atoms. The Bertz CT molecular complexity index is 625. The van der Waals surface area contributed by atoms with Crippen molar-refractivity contribution in [3.05, 3.63) is 30.1 Å². The Hall–Kier alpha value is -1.46. The molecule has 0 aromatic heterocycles. The first-order valence-electron chi connectivity index (χ1n) is 9.24. The summed E-state index contributed by atoms with van der Waals surface area (Å²) in [6.07, 6.45) is 3.00. The Labute approximate surface area is 183 Å². The molecule has 1 aliphatic rings. The highest BCUT2D eigenvalue weighted by Gasteiger charge is 2.22. The summed E-state index contributed by atoms with van der Waals surface area (Å²) in [5, 5.41) is 5.72. The zero-order chi connectivity index (χ0) is 19.5. The number of carbonyl (C=O) groups excluding carboxylic acids is 1. The van der Waals surface area contributed by atoms with Crippen molar-refractivity contribution in [1.29, 1.82) is 0 Å². The van der Waals surface area contributed by atoms with Gasteiger partial charge < -0.3 is 25.0 Å². The molecule has 1 amide bonds. The molecule has 0 unspecified atom stereocenters. The summed E-state index contributed by atoms with van der Waals surface area (Å²) in [6.45, 7) is 3.13. The fourth-order valence-electron chi connectivity index (χ4n) is 2.95. The van der Waals surface area contributed by atoms with Crippen LogP contribution in [-0.2, 0) is 14.3 Å². The second-order valence-corrected chi connectivity index (χ2v) is 6.36. The molecule has 1 aromatic carbocycles. The molecule has 1 aliphatic heterocycles. The average Bonchev–Trinajstić information content (AvgIpc) is 2.67. The van der Waals surface area contributed by atoms with Gasteiger partial charge in [0, 0.05) is 46.1 Å². The van der Waals surface area contributed by atoms with Crippen LogP contribution in [0.2, 0.25) is 0 Å². The number of nitrogens with one attached hydrogen (secondary N) is 2. The number of guanidine groups is 1. The Balaban J connectivity index is 0.00000392. The molecule has 0 radical (unpaired) electrons. The molecule has 2 N–H and O–H groups in total. The average molecular weight is 508 g/mol. The molecule has 0 bridgehead atoms. The van der Waals surface area contributed by atoms with Crippen molar-refractivity contribution in [2.45, 2.75) is 25.4 Å². The van der Waals surface area contributed by atoms with Gasteiger partial charge in [-0.25, -0.2) is 4.39 Å². The molecule has 0 atom stereocenters. The van der Waals surface area contributed by atoms with Gasteiger partial charge in [-0.2, -0.15) is 0 Å². The maximum absolute atomic E-state index is 13.2. The van der Waals surface area contributed by atoms with Gasteiger partial charge in [-0.1, -0.05) is 6.07 Å². The van der Waals surface area contributed by atoms with Crippen LogP contribution >= 0.6 is 24.0 Å². The van der Waals surface area contributed by atoms with Gasteiger partial charge in [0.15, 0.2) is 5.96 Å². The van der Waals surface area contributed by atoms with Gasteiger partial charge in [-0.05, 0) is 37.5 Å². The lowest BCUT2D eigenvalue weighted by molar-refractivity contribution is -0.115. The molecule has 9 heteroatoms. The molecule has 0 aliphatic carbocycles. The highest BCUT2D eigenvalue weighted by atomic mass is 127. The quantitative estimate of drug-likeness (QED) is 0.244. The smallest absolute Gasteiger partial charge is 0.243 e. The Morgan fingerprint density at radius 3 is 2.71 bits per heavy atom. The number of likely N-dealkylation sites (tertiary alicyclic amines) is 1. The number of aliphatic imine (C=N–C) groups is 1. The zero-order valence-electron chi connectivity index (χ0n) is 16.4. The van der Waals surface area contributed by atoms with Crippen molar-refractivity contribution in [3.8, 4) is 0 Å². The number of ether oxygens (including phenoxy) is 2. The maximum atomic E-state index is 13.2. The first-order valence-corrected chi connectivity index (χ1v) is 9.24. The van der Waals surface area contributed by atoms with E-state index in [1.807, 2.05) is 0 Å². The van der Waals surface area contributed by atoms with Crippen molar-refractivity contribution in [2.24, 2.45) is 4.99 Å². The van der Waals surface area contributed by atoms with E-state index in [2.05, 4.69) is 20.5 Å². The first-order chi connectivity index (χ1) is 13.1. The number of carbonyl (C=O) groups is 1. The Morgan fingerprint density at radius 1 is 1.32 bits per heavy atom. The zero-order valence-corrected chi connectivity index (χ0v) is 18.8. The number of nitrogens with zero attached hydrogens (tertiary/aromatic N) is 2. The maximum Gasteiger partial charge on any atom is 0.243 e. The molecule has 0 spiro atoms. The second-order valence-electron chi connectivity index (χ2n) is 6.36. The van der Waals surface area contributed by atoms with Crippen LogP contribution in [0.5, 0.6) is 0 Å². The normalized spacial score (nSPS) is 15.1. The molecular weight excluding hydrogens is 478 g/mol. The third-order valence-corrected chi connectivity index (χ3v) is 4.32. The van der Waals surface area contributed by atoms with Gasteiger partial charge in [-0.15, -0.1) is 24.0 Å². The van der Waals surface area contributed by atoms with Crippen LogP contribution in [0.4, 0.5) is 10.1 Å². The van der Waals surface area contributed by atoms with Crippen molar-refractivity contribution >= 4 is 41.5 Å². The number of rotatable bonds is 8. The van der Waals surface area contributed by atoms with Gasteiger partial charge in [0.2, 0.25) is 5.91 Å². The number of piperidine rings is 1. The fraction of sp³-hybridized carbons (Fsp3) is 0.579. The highest BCUT2D eigenvalue weighted by Crippen LogP contribution is 2.14. The van der Waals surface area contributed by atoms with E-state index in [4.69, 9.17) is 9.47 Å². The number of amides is 1. The number of hydrogen-bond donors (Lipinski definition) is 2. The first kappa shape index (κ1) is 24.6. The van der Waals surface area contributed by atoms with Crippen LogP contribution < -0.4 is 10.6 Å². The second kappa shape index (κ2) is 13.7. The lowest BCUT2D eigenvalue weighted by atomic mass is 10.1. The van der Waals surface area contributed by atoms with Gasteiger partial charge in [0.1, 0.15) is 5.82 Å².